The van der Waals surface area contributed by atoms with Crippen LogP contribution in [0.4, 0.5) is 5.69 Å². The number of hydrogen-bond acceptors (Lipinski definition) is 4. The van der Waals surface area contributed by atoms with Gasteiger partial charge < -0.3 is 15.2 Å². The predicted octanol–water partition coefficient (Wildman–Crippen LogP) is 2.08. The van der Waals surface area contributed by atoms with Crippen molar-refractivity contribution in [3.8, 4) is 0 Å². The molecule has 0 aliphatic carbocycles. The van der Waals surface area contributed by atoms with Crippen molar-refractivity contribution in [3.63, 3.8) is 0 Å². The lowest BCUT2D eigenvalue weighted by atomic mass is 10.1. The van der Waals surface area contributed by atoms with Gasteiger partial charge in [-0.05, 0) is 18.4 Å². The van der Waals surface area contributed by atoms with Crippen molar-refractivity contribution in [2.75, 3.05) is 17.7 Å². The molecule has 1 aromatic heterocycles. The maximum Gasteiger partial charge on any atom is 0.128 e. The van der Waals surface area contributed by atoms with E-state index in [9.17, 15) is 0 Å². The summed E-state index contributed by atoms with van der Waals surface area (Å²) in [5.74, 6) is 1.13. The van der Waals surface area contributed by atoms with Crippen LogP contribution in [-0.4, -0.2) is 22.4 Å². The van der Waals surface area contributed by atoms with Gasteiger partial charge in [0.15, 0.2) is 0 Å². The minimum absolute atomic E-state index is 0.581. The second kappa shape index (κ2) is 5.27. The number of aromatic nitrogens is 2. The fraction of sp³-hybridized carbons (Fsp3) is 0.357. The Morgan fingerprint density at radius 2 is 2.26 bits per heavy atom. The largest absolute Gasteiger partial charge is 0.362 e. The summed E-state index contributed by atoms with van der Waals surface area (Å²) in [5, 5.41) is 0. The van der Waals surface area contributed by atoms with E-state index in [-0.39, 0.29) is 0 Å². The molecule has 4 nitrogen and oxygen atoms in total. The number of benzene rings is 1. The highest BCUT2D eigenvalue weighted by Gasteiger charge is 2.19. The maximum absolute atomic E-state index is 5.95. The summed E-state index contributed by atoms with van der Waals surface area (Å²) in [6.07, 6.45) is 6.02. The van der Waals surface area contributed by atoms with E-state index in [1.807, 2.05) is 6.20 Å². The molecule has 1 aliphatic rings. The van der Waals surface area contributed by atoms with Gasteiger partial charge in [-0.2, -0.15) is 0 Å². The first kappa shape index (κ1) is 12.6. The molecule has 1 aliphatic heterocycles. The zero-order chi connectivity index (χ0) is 13.2. The van der Waals surface area contributed by atoms with Crippen LogP contribution in [0.2, 0.25) is 0 Å². The van der Waals surface area contributed by atoms with Gasteiger partial charge in [0.2, 0.25) is 0 Å². The molecule has 0 saturated heterocycles. The first-order chi connectivity index (χ1) is 9.33. The normalized spacial score (nSPS) is 14.5. The molecule has 0 unspecified atom stereocenters. The van der Waals surface area contributed by atoms with Crippen molar-refractivity contribution >= 4 is 17.4 Å². The van der Waals surface area contributed by atoms with Gasteiger partial charge in [-0.25, -0.2) is 4.98 Å². The van der Waals surface area contributed by atoms with E-state index in [1.165, 1.54) is 16.1 Å². The SMILES string of the molecule is CSc1cccc(N2CCn3ccnc3C2)c1CN. The molecule has 3 rings (SSSR count). The van der Waals surface area contributed by atoms with Gasteiger partial charge in [0.1, 0.15) is 5.82 Å². The highest BCUT2D eigenvalue weighted by molar-refractivity contribution is 7.98. The molecule has 2 N–H and O–H groups in total. The van der Waals surface area contributed by atoms with Crippen LogP contribution in [0.5, 0.6) is 0 Å². The second-order valence-electron chi connectivity index (χ2n) is 4.62. The number of nitrogens with zero attached hydrogens (tertiary/aromatic N) is 3. The number of nitrogens with two attached hydrogens (primary N) is 1. The monoisotopic (exact) mass is 274 g/mol. The molecule has 0 atom stereocenters. The van der Waals surface area contributed by atoms with Crippen LogP contribution in [0.3, 0.4) is 0 Å². The highest BCUT2D eigenvalue weighted by Crippen LogP contribution is 2.31. The third-order valence-electron chi connectivity index (χ3n) is 3.62. The molecule has 100 valence electrons. The van der Waals surface area contributed by atoms with Crippen LogP contribution in [0, 0.1) is 0 Å². The second-order valence-corrected chi connectivity index (χ2v) is 5.47. The average Bonchev–Trinajstić information content (AvgIpc) is 2.93. The summed E-state index contributed by atoms with van der Waals surface area (Å²) in [6.45, 7) is 3.44. The van der Waals surface area contributed by atoms with Crippen molar-refractivity contribution in [3.05, 3.63) is 42.0 Å². The molecule has 0 spiro atoms. The Bertz CT molecular complexity index is 579. The summed E-state index contributed by atoms with van der Waals surface area (Å²) in [4.78, 5) is 8.07. The van der Waals surface area contributed by atoms with Gasteiger partial charge in [-0.3, -0.25) is 0 Å². The molecular weight excluding hydrogens is 256 g/mol. The molecule has 0 fully saturated rings. The minimum atomic E-state index is 0.581. The van der Waals surface area contributed by atoms with Crippen molar-refractivity contribution < 1.29 is 0 Å². The lowest BCUT2D eigenvalue weighted by Gasteiger charge is -2.31. The van der Waals surface area contributed by atoms with Crippen molar-refractivity contribution in [1.29, 1.82) is 0 Å². The van der Waals surface area contributed by atoms with Gasteiger partial charge >= 0.3 is 0 Å². The smallest absolute Gasteiger partial charge is 0.128 e. The molecule has 0 saturated carbocycles. The van der Waals surface area contributed by atoms with Crippen LogP contribution >= 0.6 is 11.8 Å². The topological polar surface area (TPSA) is 47.1 Å². The lowest BCUT2D eigenvalue weighted by Crippen LogP contribution is -2.34. The summed E-state index contributed by atoms with van der Waals surface area (Å²) < 4.78 is 2.22. The molecule has 2 aromatic rings. The molecule has 0 radical (unpaired) electrons. The third-order valence-corrected chi connectivity index (χ3v) is 4.44. The summed E-state index contributed by atoms with van der Waals surface area (Å²) in [7, 11) is 0. The molecule has 0 amide bonds. The number of thioether (sulfide) groups is 1. The molecule has 0 bridgehead atoms. The van der Waals surface area contributed by atoms with Gasteiger partial charge in [0.05, 0.1) is 6.54 Å². The number of rotatable bonds is 3. The fourth-order valence-corrected chi connectivity index (χ4v) is 3.27. The van der Waals surface area contributed by atoms with E-state index >= 15 is 0 Å². The van der Waals surface area contributed by atoms with E-state index in [4.69, 9.17) is 5.73 Å². The Labute approximate surface area is 117 Å². The lowest BCUT2D eigenvalue weighted by molar-refractivity contribution is 0.558. The first-order valence-electron chi connectivity index (χ1n) is 6.44. The molecule has 2 heterocycles. The quantitative estimate of drug-likeness (QED) is 0.871. The molecular formula is C14H18N4S. The van der Waals surface area contributed by atoms with E-state index in [0.717, 1.165) is 25.5 Å². The van der Waals surface area contributed by atoms with Crippen LogP contribution in [0.25, 0.3) is 0 Å². The van der Waals surface area contributed by atoms with E-state index in [0.29, 0.717) is 6.54 Å². The Morgan fingerprint density at radius 3 is 3.05 bits per heavy atom. The van der Waals surface area contributed by atoms with Crippen LogP contribution in [0.15, 0.2) is 35.5 Å². The molecule has 1 aromatic carbocycles. The third kappa shape index (κ3) is 2.24. The number of fused-ring (bicyclic) bond motifs is 1. The molecule has 5 heteroatoms. The van der Waals surface area contributed by atoms with E-state index in [1.54, 1.807) is 11.8 Å². The van der Waals surface area contributed by atoms with E-state index in [2.05, 4.69) is 45.1 Å². The zero-order valence-corrected chi connectivity index (χ0v) is 11.9. The average molecular weight is 274 g/mol. The summed E-state index contributed by atoms with van der Waals surface area (Å²) in [5.41, 5.74) is 8.45. The Morgan fingerprint density at radius 1 is 1.37 bits per heavy atom. The Kier molecular flexibility index (Phi) is 3.48. The van der Waals surface area contributed by atoms with Crippen LogP contribution < -0.4 is 10.6 Å². The Hall–Kier alpha value is -1.46. The number of hydrogen-bond donors (Lipinski definition) is 1. The van der Waals surface area contributed by atoms with Crippen molar-refractivity contribution in [1.82, 2.24) is 9.55 Å². The maximum atomic E-state index is 5.95. The van der Waals surface area contributed by atoms with Crippen LogP contribution in [-0.2, 0) is 19.6 Å². The van der Waals surface area contributed by atoms with Crippen LogP contribution in [0.1, 0.15) is 11.4 Å². The highest BCUT2D eigenvalue weighted by atomic mass is 32.2. The van der Waals surface area contributed by atoms with Gasteiger partial charge in [-0.1, -0.05) is 6.07 Å². The minimum Gasteiger partial charge on any atom is -0.362 e. The number of anilines is 1. The first-order valence-corrected chi connectivity index (χ1v) is 7.67. The zero-order valence-electron chi connectivity index (χ0n) is 11.0. The summed E-state index contributed by atoms with van der Waals surface area (Å²) >= 11 is 1.76. The van der Waals surface area contributed by atoms with Crippen molar-refractivity contribution in [2.45, 2.75) is 24.5 Å². The predicted molar refractivity (Wildman–Crippen MR) is 79.4 cm³/mol. The van der Waals surface area contributed by atoms with E-state index < -0.39 is 0 Å². The Balaban J connectivity index is 1.95. The number of imidazole rings is 1. The van der Waals surface area contributed by atoms with Gasteiger partial charge in [0.25, 0.3) is 0 Å². The summed E-state index contributed by atoms with van der Waals surface area (Å²) in [6, 6.07) is 6.42. The fourth-order valence-electron chi connectivity index (χ4n) is 2.63. The van der Waals surface area contributed by atoms with Gasteiger partial charge in [-0.15, -0.1) is 11.8 Å². The van der Waals surface area contributed by atoms with Crippen molar-refractivity contribution in [2.24, 2.45) is 5.73 Å². The van der Waals surface area contributed by atoms with Gasteiger partial charge in [0, 0.05) is 48.2 Å². The molecule has 19 heavy (non-hydrogen) atoms. The standard InChI is InChI=1S/C14H18N4S/c1-19-13-4-2-3-12(11(13)9-15)18-8-7-17-6-5-16-14(17)10-18/h2-6H,7-10,15H2,1H3.